The zero-order chi connectivity index (χ0) is 21.5. The van der Waals surface area contributed by atoms with Crippen molar-refractivity contribution >= 4 is 10.8 Å². The van der Waals surface area contributed by atoms with E-state index in [2.05, 4.69) is 91.0 Å². The zero-order valence-electron chi connectivity index (χ0n) is 19.4. The van der Waals surface area contributed by atoms with Crippen LogP contribution in [0.4, 0.5) is 0 Å². The molecule has 0 unspecified atom stereocenters. The molecule has 2 aromatic carbocycles. The SMILES string of the molecule is CCCN(C)C1CCC1.CCN(C)Cc1cnc(-c2ccc(C)c3ccccc23)[nH]1. The molecule has 3 aromatic rings. The predicted octanol–water partition coefficient (Wildman–Crippen LogP) is 5.87. The number of benzene rings is 2. The van der Waals surface area contributed by atoms with Crippen molar-refractivity contribution in [1.82, 2.24) is 19.8 Å². The predicted molar refractivity (Wildman–Crippen MR) is 129 cm³/mol. The van der Waals surface area contributed by atoms with E-state index in [1.807, 2.05) is 6.20 Å². The molecule has 0 bridgehead atoms. The molecule has 1 aromatic heterocycles. The molecule has 1 saturated carbocycles. The molecule has 1 fully saturated rings. The standard InChI is InChI=1S/C18H21N3.C8H17N/c1-4-21(3)12-14-11-19-18(20-14)17-10-9-13(2)15-7-5-6-8-16(15)17;1-3-7-9(2)8-5-4-6-8/h5-11H,4,12H2,1-3H3,(H,19,20);8H,3-7H2,1-2H3. The van der Waals surface area contributed by atoms with E-state index in [9.17, 15) is 0 Å². The van der Waals surface area contributed by atoms with Gasteiger partial charge in [0.2, 0.25) is 0 Å². The van der Waals surface area contributed by atoms with Crippen LogP contribution < -0.4 is 0 Å². The molecule has 4 nitrogen and oxygen atoms in total. The van der Waals surface area contributed by atoms with E-state index in [-0.39, 0.29) is 0 Å². The van der Waals surface area contributed by atoms with Crippen molar-refractivity contribution in [3.05, 3.63) is 53.9 Å². The minimum absolute atomic E-state index is 0.896. The number of rotatable bonds is 7. The molecule has 1 heterocycles. The topological polar surface area (TPSA) is 35.2 Å². The number of nitrogens with one attached hydrogen (secondary N) is 1. The summed E-state index contributed by atoms with van der Waals surface area (Å²) in [6.07, 6.45) is 7.58. The number of imidazole rings is 1. The van der Waals surface area contributed by atoms with Gasteiger partial charge in [0.1, 0.15) is 5.82 Å². The van der Waals surface area contributed by atoms with Gasteiger partial charge >= 0.3 is 0 Å². The fourth-order valence-corrected chi connectivity index (χ4v) is 4.00. The highest BCUT2D eigenvalue weighted by molar-refractivity contribution is 5.97. The van der Waals surface area contributed by atoms with E-state index >= 15 is 0 Å². The van der Waals surface area contributed by atoms with E-state index < -0.39 is 0 Å². The summed E-state index contributed by atoms with van der Waals surface area (Å²) in [5, 5.41) is 2.54. The Kier molecular flexibility index (Phi) is 8.06. The Balaban J connectivity index is 0.000000239. The molecule has 4 heteroatoms. The lowest BCUT2D eigenvalue weighted by molar-refractivity contribution is 0.160. The lowest BCUT2D eigenvalue weighted by Crippen LogP contribution is -2.37. The lowest BCUT2D eigenvalue weighted by Gasteiger charge is -2.34. The third kappa shape index (κ3) is 5.50. The van der Waals surface area contributed by atoms with Crippen molar-refractivity contribution in [1.29, 1.82) is 0 Å². The van der Waals surface area contributed by atoms with Crippen molar-refractivity contribution in [3.63, 3.8) is 0 Å². The van der Waals surface area contributed by atoms with Crippen LogP contribution in [-0.4, -0.2) is 53.0 Å². The fourth-order valence-electron chi connectivity index (χ4n) is 4.00. The Morgan fingerprint density at radius 2 is 1.77 bits per heavy atom. The first kappa shape index (κ1) is 22.5. The summed E-state index contributed by atoms with van der Waals surface area (Å²) in [5.74, 6) is 0.950. The molecule has 1 aliphatic rings. The second-order valence-electron chi connectivity index (χ2n) is 8.63. The average Bonchev–Trinajstić information content (AvgIpc) is 3.16. The van der Waals surface area contributed by atoms with Crippen LogP contribution in [0.25, 0.3) is 22.2 Å². The Morgan fingerprint density at radius 1 is 1.03 bits per heavy atom. The Hall–Kier alpha value is -2.17. The number of aromatic amines is 1. The zero-order valence-corrected chi connectivity index (χ0v) is 19.4. The van der Waals surface area contributed by atoms with Gasteiger partial charge in [0.25, 0.3) is 0 Å². The molecule has 1 N–H and O–H groups in total. The number of H-pyrrole nitrogens is 1. The molecule has 1 aliphatic carbocycles. The molecule has 0 aliphatic heterocycles. The summed E-state index contributed by atoms with van der Waals surface area (Å²) in [5.41, 5.74) is 3.62. The van der Waals surface area contributed by atoms with E-state index in [1.54, 1.807) is 0 Å². The molecular weight excluding hydrogens is 368 g/mol. The Morgan fingerprint density at radius 3 is 2.40 bits per heavy atom. The van der Waals surface area contributed by atoms with Crippen molar-refractivity contribution in [2.24, 2.45) is 0 Å². The van der Waals surface area contributed by atoms with Gasteiger partial charge in [0.05, 0.1) is 0 Å². The summed E-state index contributed by atoms with van der Waals surface area (Å²) in [6, 6.07) is 13.8. The molecular formula is C26H38N4. The largest absolute Gasteiger partial charge is 0.341 e. The molecule has 0 radical (unpaired) electrons. The van der Waals surface area contributed by atoms with Crippen molar-refractivity contribution in [2.45, 2.75) is 59.0 Å². The van der Waals surface area contributed by atoms with Gasteiger partial charge < -0.3 is 14.8 Å². The third-order valence-electron chi connectivity index (χ3n) is 6.28. The number of nitrogens with zero attached hydrogens (tertiary/aromatic N) is 3. The van der Waals surface area contributed by atoms with Crippen LogP contribution in [0.2, 0.25) is 0 Å². The Bertz CT molecular complexity index is 926. The molecule has 162 valence electrons. The highest BCUT2D eigenvalue weighted by Crippen LogP contribution is 2.29. The summed E-state index contributed by atoms with van der Waals surface area (Å²) in [6.45, 7) is 9.76. The highest BCUT2D eigenvalue weighted by atomic mass is 15.1. The summed E-state index contributed by atoms with van der Waals surface area (Å²) in [7, 11) is 4.36. The van der Waals surface area contributed by atoms with Crippen LogP contribution in [0.5, 0.6) is 0 Å². The Labute approximate surface area is 182 Å². The van der Waals surface area contributed by atoms with E-state index in [1.165, 1.54) is 54.1 Å². The monoisotopic (exact) mass is 406 g/mol. The molecule has 30 heavy (non-hydrogen) atoms. The van der Waals surface area contributed by atoms with Gasteiger partial charge in [-0.2, -0.15) is 0 Å². The summed E-state index contributed by atoms with van der Waals surface area (Å²) in [4.78, 5) is 12.8. The van der Waals surface area contributed by atoms with Gasteiger partial charge in [-0.1, -0.05) is 56.7 Å². The quantitative estimate of drug-likeness (QED) is 0.533. The van der Waals surface area contributed by atoms with Crippen LogP contribution in [0.1, 0.15) is 50.8 Å². The second kappa shape index (κ2) is 10.7. The minimum atomic E-state index is 0.896. The van der Waals surface area contributed by atoms with Gasteiger partial charge in [-0.05, 0) is 69.7 Å². The summed E-state index contributed by atoms with van der Waals surface area (Å²) >= 11 is 0. The third-order valence-corrected chi connectivity index (χ3v) is 6.28. The maximum atomic E-state index is 4.57. The van der Waals surface area contributed by atoms with E-state index in [0.29, 0.717) is 0 Å². The highest BCUT2D eigenvalue weighted by Gasteiger charge is 2.20. The van der Waals surface area contributed by atoms with Gasteiger partial charge in [0, 0.05) is 30.0 Å². The van der Waals surface area contributed by atoms with Crippen LogP contribution in [0.3, 0.4) is 0 Å². The van der Waals surface area contributed by atoms with E-state index in [0.717, 1.165) is 30.6 Å². The van der Waals surface area contributed by atoms with Crippen molar-refractivity contribution < 1.29 is 0 Å². The van der Waals surface area contributed by atoms with Gasteiger partial charge in [-0.25, -0.2) is 4.98 Å². The molecule has 0 atom stereocenters. The van der Waals surface area contributed by atoms with Crippen LogP contribution in [0, 0.1) is 6.92 Å². The number of aromatic nitrogens is 2. The lowest BCUT2D eigenvalue weighted by atomic mass is 9.92. The molecule has 4 rings (SSSR count). The second-order valence-corrected chi connectivity index (χ2v) is 8.63. The van der Waals surface area contributed by atoms with Gasteiger partial charge in [-0.15, -0.1) is 0 Å². The molecule has 0 spiro atoms. The normalized spacial score (nSPS) is 14.1. The summed E-state index contributed by atoms with van der Waals surface area (Å²) < 4.78 is 0. The first-order valence-electron chi connectivity index (χ1n) is 11.4. The van der Waals surface area contributed by atoms with Crippen molar-refractivity contribution in [2.75, 3.05) is 27.2 Å². The van der Waals surface area contributed by atoms with Gasteiger partial charge in [0.15, 0.2) is 0 Å². The fraction of sp³-hybridized carbons (Fsp3) is 0.500. The van der Waals surface area contributed by atoms with Crippen LogP contribution >= 0.6 is 0 Å². The van der Waals surface area contributed by atoms with Crippen LogP contribution in [0.15, 0.2) is 42.6 Å². The maximum Gasteiger partial charge on any atom is 0.138 e. The first-order valence-corrected chi connectivity index (χ1v) is 11.4. The number of aryl methyl sites for hydroxylation is 1. The minimum Gasteiger partial charge on any atom is -0.341 e. The number of hydrogen-bond donors (Lipinski definition) is 1. The molecule has 0 amide bonds. The van der Waals surface area contributed by atoms with E-state index in [4.69, 9.17) is 0 Å². The average molecular weight is 407 g/mol. The molecule has 0 saturated heterocycles. The van der Waals surface area contributed by atoms with Crippen LogP contribution in [-0.2, 0) is 6.54 Å². The number of fused-ring (bicyclic) bond motifs is 1. The first-order chi connectivity index (χ1) is 14.5. The smallest absolute Gasteiger partial charge is 0.138 e. The van der Waals surface area contributed by atoms with Gasteiger partial charge in [-0.3, -0.25) is 0 Å². The number of hydrogen-bond acceptors (Lipinski definition) is 3. The maximum absolute atomic E-state index is 4.57. The van der Waals surface area contributed by atoms with Crippen molar-refractivity contribution in [3.8, 4) is 11.4 Å².